The van der Waals surface area contributed by atoms with E-state index in [2.05, 4.69) is 17.0 Å². The predicted octanol–water partition coefficient (Wildman–Crippen LogP) is 2.72. The highest BCUT2D eigenvalue weighted by molar-refractivity contribution is 5.75. The summed E-state index contributed by atoms with van der Waals surface area (Å²) in [5, 5.41) is 15.5. The van der Waals surface area contributed by atoms with Crippen molar-refractivity contribution < 1.29 is 14.4 Å². The van der Waals surface area contributed by atoms with Crippen LogP contribution in [0.4, 0.5) is 5.69 Å². The third-order valence-corrected chi connectivity index (χ3v) is 4.81. The van der Waals surface area contributed by atoms with Crippen LogP contribution in [0.2, 0.25) is 0 Å². The quantitative estimate of drug-likeness (QED) is 0.582. The van der Waals surface area contributed by atoms with Crippen LogP contribution in [0.25, 0.3) is 11.1 Å². The van der Waals surface area contributed by atoms with Gasteiger partial charge in [-0.1, -0.05) is 0 Å². The summed E-state index contributed by atoms with van der Waals surface area (Å²) in [6, 6.07) is 3.11. The molecular formula is C18H24N4O4. The minimum absolute atomic E-state index is 0.0852. The second kappa shape index (κ2) is 7.74. The number of hydrogen-bond acceptors (Lipinski definition) is 6. The zero-order chi connectivity index (χ0) is 18.7. The number of benzene rings is 1. The molecule has 0 saturated carbocycles. The highest BCUT2D eigenvalue weighted by Gasteiger charge is 2.23. The monoisotopic (exact) mass is 360 g/mol. The van der Waals surface area contributed by atoms with Crippen LogP contribution < -0.4 is 9.47 Å². The number of hydrogen-bond donors (Lipinski definition) is 0. The molecular weight excluding hydrogens is 336 g/mol. The van der Waals surface area contributed by atoms with Gasteiger partial charge in [-0.05, 0) is 38.9 Å². The number of methoxy groups -OCH3 is 1. The molecule has 0 atom stereocenters. The fraction of sp³-hybridized carbons (Fsp3) is 0.500. The Labute approximate surface area is 152 Å². The summed E-state index contributed by atoms with van der Waals surface area (Å²) in [5.41, 5.74) is 1.34. The molecule has 26 heavy (non-hydrogen) atoms. The second-order valence-electron chi connectivity index (χ2n) is 6.74. The summed E-state index contributed by atoms with van der Waals surface area (Å²) in [6.07, 6.45) is 5.66. The van der Waals surface area contributed by atoms with E-state index >= 15 is 0 Å². The van der Waals surface area contributed by atoms with Gasteiger partial charge in [-0.3, -0.25) is 14.8 Å². The molecule has 0 radical (unpaired) electrons. The van der Waals surface area contributed by atoms with Gasteiger partial charge in [-0.15, -0.1) is 0 Å². The molecule has 1 aliphatic heterocycles. The Kier molecular flexibility index (Phi) is 5.41. The van der Waals surface area contributed by atoms with Crippen molar-refractivity contribution >= 4 is 5.69 Å². The number of aromatic nitrogens is 2. The van der Waals surface area contributed by atoms with Crippen molar-refractivity contribution in [2.75, 3.05) is 33.9 Å². The number of nitro groups is 1. The number of nitrogens with zero attached hydrogens (tertiary/aromatic N) is 4. The molecule has 1 aromatic heterocycles. The number of rotatable bonds is 6. The molecule has 2 aromatic rings. The molecule has 140 valence electrons. The number of piperidine rings is 1. The predicted molar refractivity (Wildman–Crippen MR) is 97.6 cm³/mol. The maximum Gasteiger partial charge on any atom is 0.311 e. The Morgan fingerprint density at radius 1 is 1.27 bits per heavy atom. The van der Waals surface area contributed by atoms with Crippen molar-refractivity contribution in [1.82, 2.24) is 14.7 Å². The zero-order valence-electron chi connectivity index (χ0n) is 15.3. The van der Waals surface area contributed by atoms with E-state index in [1.165, 1.54) is 13.2 Å². The van der Waals surface area contributed by atoms with E-state index in [1.54, 1.807) is 24.0 Å². The van der Waals surface area contributed by atoms with Gasteiger partial charge in [0.1, 0.15) is 5.75 Å². The normalized spacial score (nSPS) is 15.8. The molecule has 0 aliphatic carbocycles. The molecule has 3 rings (SSSR count). The van der Waals surface area contributed by atoms with Crippen LogP contribution in [0.1, 0.15) is 12.8 Å². The molecule has 8 nitrogen and oxygen atoms in total. The van der Waals surface area contributed by atoms with Gasteiger partial charge in [-0.2, -0.15) is 5.10 Å². The van der Waals surface area contributed by atoms with Crippen molar-refractivity contribution in [3.05, 3.63) is 34.6 Å². The van der Waals surface area contributed by atoms with Crippen LogP contribution >= 0.6 is 0 Å². The van der Waals surface area contributed by atoms with Crippen LogP contribution in [-0.4, -0.2) is 53.5 Å². The Morgan fingerprint density at radius 2 is 2.00 bits per heavy atom. The molecule has 1 fully saturated rings. The molecule has 1 aliphatic rings. The van der Waals surface area contributed by atoms with E-state index in [1.807, 2.05) is 6.20 Å². The largest absolute Gasteiger partial charge is 0.493 e. The fourth-order valence-electron chi connectivity index (χ4n) is 3.20. The third-order valence-electron chi connectivity index (χ3n) is 4.81. The highest BCUT2D eigenvalue weighted by atomic mass is 16.6. The lowest BCUT2D eigenvalue weighted by Gasteiger charge is -2.29. The Balaban J connectivity index is 1.90. The molecule has 2 heterocycles. The molecule has 8 heteroatoms. The summed E-state index contributed by atoms with van der Waals surface area (Å²) in [7, 11) is 5.35. The smallest absolute Gasteiger partial charge is 0.311 e. The Hall–Kier alpha value is -2.61. The minimum atomic E-state index is -0.445. The van der Waals surface area contributed by atoms with Gasteiger partial charge in [-0.25, -0.2) is 0 Å². The van der Waals surface area contributed by atoms with E-state index in [-0.39, 0.29) is 11.4 Å². The first-order valence-corrected chi connectivity index (χ1v) is 8.64. The van der Waals surface area contributed by atoms with Gasteiger partial charge in [0.15, 0.2) is 0 Å². The lowest BCUT2D eigenvalue weighted by molar-refractivity contribution is -0.385. The van der Waals surface area contributed by atoms with Crippen LogP contribution in [0.15, 0.2) is 24.5 Å². The standard InChI is InChI=1S/C18H24N4O4/c1-20-6-4-13(5-7-20)12-26-17-9-18(25-3)16(22(23)24)8-15(17)14-10-19-21(2)11-14/h8-11,13H,4-7,12H2,1-3H3. The van der Waals surface area contributed by atoms with Crippen LogP contribution in [0.5, 0.6) is 11.5 Å². The first-order chi connectivity index (χ1) is 12.5. The van der Waals surface area contributed by atoms with Gasteiger partial charge in [0.05, 0.1) is 24.8 Å². The van der Waals surface area contributed by atoms with Gasteiger partial charge >= 0.3 is 5.69 Å². The van der Waals surface area contributed by atoms with E-state index in [4.69, 9.17) is 9.47 Å². The number of likely N-dealkylation sites (tertiary alicyclic amines) is 1. The van der Waals surface area contributed by atoms with E-state index in [9.17, 15) is 10.1 Å². The number of ether oxygens (including phenoxy) is 2. The molecule has 0 bridgehead atoms. The van der Waals surface area contributed by atoms with Crippen molar-refractivity contribution in [3.63, 3.8) is 0 Å². The second-order valence-corrected chi connectivity index (χ2v) is 6.74. The number of aryl methyl sites for hydroxylation is 1. The van der Waals surface area contributed by atoms with E-state index < -0.39 is 4.92 Å². The summed E-state index contributed by atoms with van der Waals surface area (Å²) in [5.74, 6) is 1.26. The van der Waals surface area contributed by atoms with Crippen molar-refractivity contribution in [3.8, 4) is 22.6 Å². The molecule has 0 unspecified atom stereocenters. The Morgan fingerprint density at radius 3 is 2.58 bits per heavy atom. The van der Waals surface area contributed by atoms with Crippen molar-refractivity contribution in [2.45, 2.75) is 12.8 Å². The third kappa shape index (κ3) is 3.96. The summed E-state index contributed by atoms with van der Waals surface area (Å²) in [4.78, 5) is 13.2. The SMILES string of the molecule is COc1cc(OCC2CCN(C)CC2)c(-c2cnn(C)c2)cc1[N+](=O)[O-]. The topological polar surface area (TPSA) is 82.7 Å². The van der Waals surface area contributed by atoms with Crippen LogP contribution in [0.3, 0.4) is 0 Å². The van der Waals surface area contributed by atoms with Crippen molar-refractivity contribution in [2.24, 2.45) is 13.0 Å². The molecule has 1 saturated heterocycles. The average molecular weight is 360 g/mol. The molecule has 0 N–H and O–H groups in total. The van der Waals surface area contributed by atoms with Crippen LogP contribution in [-0.2, 0) is 7.05 Å². The van der Waals surface area contributed by atoms with Gasteiger partial charge in [0.2, 0.25) is 5.75 Å². The van der Waals surface area contributed by atoms with E-state index in [0.717, 1.165) is 31.5 Å². The first-order valence-electron chi connectivity index (χ1n) is 8.64. The number of nitro benzene ring substituents is 1. The lowest BCUT2D eigenvalue weighted by atomic mass is 9.98. The summed E-state index contributed by atoms with van der Waals surface area (Å²) >= 11 is 0. The zero-order valence-corrected chi connectivity index (χ0v) is 15.3. The lowest BCUT2D eigenvalue weighted by Crippen LogP contribution is -2.32. The maximum atomic E-state index is 11.4. The molecule has 0 spiro atoms. The maximum absolute atomic E-state index is 11.4. The highest BCUT2D eigenvalue weighted by Crippen LogP contribution is 2.40. The van der Waals surface area contributed by atoms with Gasteiger partial charge in [0, 0.05) is 36.5 Å². The fourth-order valence-corrected chi connectivity index (χ4v) is 3.20. The minimum Gasteiger partial charge on any atom is -0.493 e. The summed E-state index contributed by atoms with van der Waals surface area (Å²) < 4.78 is 13.0. The van der Waals surface area contributed by atoms with Gasteiger partial charge in [0.25, 0.3) is 0 Å². The van der Waals surface area contributed by atoms with Gasteiger partial charge < -0.3 is 14.4 Å². The summed E-state index contributed by atoms with van der Waals surface area (Å²) in [6.45, 7) is 2.71. The average Bonchev–Trinajstić information content (AvgIpc) is 3.06. The first kappa shape index (κ1) is 18.2. The van der Waals surface area contributed by atoms with Crippen LogP contribution in [0, 0.1) is 16.0 Å². The molecule has 1 aromatic carbocycles. The molecule has 0 amide bonds. The van der Waals surface area contributed by atoms with Crippen molar-refractivity contribution in [1.29, 1.82) is 0 Å². The Bertz CT molecular complexity index is 781. The van der Waals surface area contributed by atoms with E-state index in [0.29, 0.717) is 23.8 Å².